The SMILES string of the molecule is CC(C(=O)NCc1ccc(C(F)(F)F)nc1)n1nccc1/N=C/C(=O)NCc1ccc2c(c1)NC(=O)CO2. The Morgan fingerprint density at radius 3 is 2.68 bits per heavy atom. The number of halogens is 3. The zero-order chi connectivity index (χ0) is 27.3. The molecule has 11 nitrogen and oxygen atoms in total. The van der Waals surface area contributed by atoms with E-state index in [1.807, 2.05) is 0 Å². The summed E-state index contributed by atoms with van der Waals surface area (Å²) < 4.78 is 44.5. The van der Waals surface area contributed by atoms with Crippen LogP contribution in [0.2, 0.25) is 0 Å². The standard InChI is InChI=1S/C24H22F3N7O4/c1-14(23(37)31-11-16-3-5-19(28-10-16)24(25,26)27)34-20(6-7-32-34)29-12-21(35)30-9-15-2-4-18-17(8-15)33-22(36)13-38-18/h2-8,10,12,14H,9,11,13H2,1H3,(H,30,35)(H,31,37)(H,33,36)/b29-12+. The number of nitrogens with one attached hydrogen (secondary N) is 3. The van der Waals surface area contributed by atoms with Crippen molar-refractivity contribution in [3.8, 4) is 5.75 Å². The highest BCUT2D eigenvalue weighted by molar-refractivity contribution is 6.26. The Labute approximate surface area is 214 Å². The smallest absolute Gasteiger partial charge is 0.433 e. The molecular formula is C24H22F3N7O4. The number of rotatable bonds is 8. The van der Waals surface area contributed by atoms with Crippen LogP contribution in [-0.2, 0) is 33.6 Å². The van der Waals surface area contributed by atoms with Gasteiger partial charge in [0.15, 0.2) is 12.4 Å². The lowest BCUT2D eigenvalue weighted by Crippen LogP contribution is -2.31. The Bertz CT molecular complexity index is 1370. The van der Waals surface area contributed by atoms with Crippen LogP contribution in [0.5, 0.6) is 5.75 Å². The predicted octanol–water partition coefficient (Wildman–Crippen LogP) is 2.52. The minimum absolute atomic E-state index is 0.0327. The van der Waals surface area contributed by atoms with Crippen LogP contribution in [-0.4, -0.2) is 45.3 Å². The van der Waals surface area contributed by atoms with Crippen molar-refractivity contribution < 1.29 is 32.3 Å². The minimum atomic E-state index is -4.54. The Morgan fingerprint density at radius 2 is 1.95 bits per heavy atom. The van der Waals surface area contributed by atoms with E-state index in [9.17, 15) is 27.6 Å². The lowest BCUT2D eigenvalue weighted by Gasteiger charge is -2.18. The van der Waals surface area contributed by atoms with Gasteiger partial charge in [0.05, 0.1) is 18.1 Å². The van der Waals surface area contributed by atoms with E-state index >= 15 is 0 Å². The lowest BCUT2D eigenvalue weighted by molar-refractivity contribution is -0.141. The number of nitrogens with zero attached hydrogens (tertiary/aromatic N) is 4. The number of aromatic nitrogens is 3. The van der Waals surface area contributed by atoms with E-state index in [1.165, 1.54) is 23.0 Å². The van der Waals surface area contributed by atoms with Crippen LogP contribution >= 0.6 is 0 Å². The first-order valence-corrected chi connectivity index (χ1v) is 11.3. The van der Waals surface area contributed by atoms with E-state index in [1.54, 1.807) is 25.1 Å². The molecule has 38 heavy (non-hydrogen) atoms. The van der Waals surface area contributed by atoms with Crippen molar-refractivity contribution in [1.29, 1.82) is 0 Å². The number of carbonyl (C=O) groups excluding carboxylic acids is 3. The van der Waals surface area contributed by atoms with E-state index in [4.69, 9.17) is 4.74 Å². The summed E-state index contributed by atoms with van der Waals surface area (Å²) in [5.74, 6) is -0.432. The summed E-state index contributed by atoms with van der Waals surface area (Å²) in [6.45, 7) is 1.65. The van der Waals surface area contributed by atoms with Crippen molar-refractivity contribution >= 4 is 35.4 Å². The van der Waals surface area contributed by atoms with Crippen LogP contribution in [0.1, 0.15) is 29.8 Å². The van der Waals surface area contributed by atoms with Crippen LogP contribution in [0.4, 0.5) is 24.7 Å². The fourth-order valence-electron chi connectivity index (χ4n) is 3.45. The van der Waals surface area contributed by atoms with E-state index in [-0.39, 0.29) is 31.4 Å². The molecule has 0 spiro atoms. The second kappa shape index (κ2) is 11.1. The molecule has 0 bridgehead atoms. The number of carbonyl (C=O) groups is 3. The number of benzene rings is 1. The summed E-state index contributed by atoms with van der Waals surface area (Å²) in [4.78, 5) is 43.8. The molecule has 0 aliphatic carbocycles. The molecule has 3 heterocycles. The number of hydrogen-bond acceptors (Lipinski definition) is 7. The maximum atomic E-state index is 12.6. The molecule has 0 saturated heterocycles. The zero-order valence-corrected chi connectivity index (χ0v) is 20.0. The molecule has 2 aromatic heterocycles. The average Bonchev–Trinajstić information content (AvgIpc) is 3.37. The molecular weight excluding hydrogens is 507 g/mol. The first-order chi connectivity index (χ1) is 18.1. The maximum Gasteiger partial charge on any atom is 0.433 e. The van der Waals surface area contributed by atoms with E-state index in [0.29, 0.717) is 17.0 Å². The van der Waals surface area contributed by atoms with Crippen molar-refractivity contribution in [2.45, 2.75) is 32.2 Å². The van der Waals surface area contributed by atoms with Gasteiger partial charge >= 0.3 is 6.18 Å². The number of pyridine rings is 1. The molecule has 14 heteroatoms. The number of ether oxygens (including phenoxy) is 1. The summed E-state index contributed by atoms with van der Waals surface area (Å²) in [5, 5.41) is 12.1. The monoisotopic (exact) mass is 529 g/mol. The highest BCUT2D eigenvalue weighted by Crippen LogP contribution is 2.28. The van der Waals surface area contributed by atoms with Crippen LogP contribution in [0.25, 0.3) is 0 Å². The van der Waals surface area contributed by atoms with Gasteiger partial charge in [-0.3, -0.25) is 19.4 Å². The average molecular weight is 529 g/mol. The van der Waals surface area contributed by atoms with E-state index in [2.05, 4.69) is 31.0 Å². The van der Waals surface area contributed by atoms with Crippen molar-refractivity contribution in [2.75, 3.05) is 11.9 Å². The number of aliphatic imine (C=N–C) groups is 1. The van der Waals surface area contributed by atoms with Gasteiger partial charge in [0.25, 0.3) is 11.8 Å². The molecule has 4 rings (SSSR count). The Morgan fingerprint density at radius 1 is 1.18 bits per heavy atom. The number of anilines is 1. The fraction of sp³-hybridized carbons (Fsp3) is 0.250. The van der Waals surface area contributed by atoms with Crippen LogP contribution in [0.15, 0.2) is 53.8 Å². The molecule has 0 saturated carbocycles. The summed E-state index contributed by atoms with van der Waals surface area (Å²) in [7, 11) is 0. The fourth-order valence-corrected chi connectivity index (χ4v) is 3.45. The number of hydrogen-bond donors (Lipinski definition) is 3. The van der Waals surface area contributed by atoms with Gasteiger partial charge < -0.3 is 20.7 Å². The summed E-state index contributed by atoms with van der Waals surface area (Å²) in [6.07, 6.45) is -1.03. The van der Waals surface area contributed by atoms with Gasteiger partial charge in [0.1, 0.15) is 17.5 Å². The van der Waals surface area contributed by atoms with Gasteiger partial charge in [-0.2, -0.15) is 18.3 Å². The molecule has 3 aromatic rings. The lowest BCUT2D eigenvalue weighted by atomic mass is 10.1. The Kier molecular flexibility index (Phi) is 7.69. The van der Waals surface area contributed by atoms with Gasteiger partial charge in [0, 0.05) is 25.4 Å². The van der Waals surface area contributed by atoms with Crippen molar-refractivity contribution in [3.05, 3.63) is 65.6 Å². The quantitative estimate of drug-likeness (QED) is 0.383. The molecule has 1 unspecified atom stereocenters. The molecule has 3 N–H and O–H groups in total. The summed E-state index contributed by atoms with van der Waals surface area (Å²) in [6, 6.07) is 7.91. The molecule has 1 aliphatic heterocycles. The van der Waals surface area contributed by atoms with Crippen LogP contribution in [0, 0.1) is 0 Å². The highest BCUT2D eigenvalue weighted by atomic mass is 19.4. The second-order valence-electron chi connectivity index (χ2n) is 8.22. The molecule has 1 atom stereocenters. The number of amides is 3. The van der Waals surface area contributed by atoms with Crippen molar-refractivity contribution in [1.82, 2.24) is 25.4 Å². The molecule has 3 amide bonds. The third-order valence-electron chi connectivity index (χ3n) is 5.44. The van der Waals surface area contributed by atoms with Gasteiger partial charge in [0.2, 0.25) is 5.91 Å². The first-order valence-electron chi connectivity index (χ1n) is 11.3. The van der Waals surface area contributed by atoms with Crippen LogP contribution in [0.3, 0.4) is 0 Å². The van der Waals surface area contributed by atoms with E-state index in [0.717, 1.165) is 24.0 Å². The van der Waals surface area contributed by atoms with Gasteiger partial charge in [-0.1, -0.05) is 12.1 Å². The van der Waals surface area contributed by atoms with Gasteiger partial charge in [-0.05, 0) is 36.2 Å². The van der Waals surface area contributed by atoms with Gasteiger partial charge in [-0.25, -0.2) is 9.67 Å². The predicted molar refractivity (Wildman–Crippen MR) is 129 cm³/mol. The largest absolute Gasteiger partial charge is 0.482 e. The van der Waals surface area contributed by atoms with Crippen molar-refractivity contribution in [2.24, 2.45) is 4.99 Å². The third-order valence-corrected chi connectivity index (χ3v) is 5.44. The molecule has 0 radical (unpaired) electrons. The summed E-state index contributed by atoms with van der Waals surface area (Å²) >= 11 is 0. The molecule has 198 valence electrons. The minimum Gasteiger partial charge on any atom is -0.482 e. The molecule has 1 aliphatic rings. The van der Waals surface area contributed by atoms with Crippen molar-refractivity contribution in [3.63, 3.8) is 0 Å². The normalized spacial score (nSPS) is 13.8. The van der Waals surface area contributed by atoms with Gasteiger partial charge in [-0.15, -0.1) is 0 Å². The zero-order valence-electron chi connectivity index (χ0n) is 20.0. The second-order valence-corrected chi connectivity index (χ2v) is 8.22. The Balaban J connectivity index is 1.30. The van der Waals surface area contributed by atoms with E-state index < -0.39 is 29.7 Å². The number of alkyl halides is 3. The highest BCUT2D eigenvalue weighted by Gasteiger charge is 2.32. The first kappa shape index (κ1) is 26.3. The topological polar surface area (TPSA) is 140 Å². The van der Waals surface area contributed by atoms with Crippen LogP contribution < -0.4 is 20.7 Å². The molecule has 0 fully saturated rings. The maximum absolute atomic E-state index is 12.6. The summed E-state index contributed by atoms with van der Waals surface area (Å²) in [5.41, 5.74) is 0.625. The third kappa shape index (κ3) is 6.52. The number of fused-ring (bicyclic) bond motifs is 1. The Hall–Kier alpha value is -4.75. The molecule has 1 aromatic carbocycles.